The molecule has 0 saturated heterocycles. The van der Waals surface area contributed by atoms with Gasteiger partial charge in [-0.05, 0) is 19.9 Å². The van der Waals surface area contributed by atoms with Crippen molar-refractivity contribution in [3.8, 4) is 6.07 Å². The van der Waals surface area contributed by atoms with Crippen molar-refractivity contribution < 1.29 is 4.79 Å². The number of hydrogen-bond acceptors (Lipinski definition) is 6. The van der Waals surface area contributed by atoms with Crippen LogP contribution in [0, 0.1) is 25.2 Å². The first-order valence-electron chi connectivity index (χ1n) is 6.69. The fourth-order valence-corrected chi connectivity index (χ4v) is 2.61. The smallest absolute Gasteiger partial charge is 0.204 e. The number of thiazole rings is 1. The lowest BCUT2D eigenvalue weighted by molar-refractivity contribution is -0.106. The van der Waals surface area contributed by atoms with Gasteiger partial charge in [-0.15, -0.1) is 11.3 Å². The molecule has 0 aromatic carbocycles. The lowest BCUT2D eigenvalue weighted by atomic mass is 10.2. The summed E-state index contributed by atoms with van der Waals surface area (Å²) in [4.78, 5) is 17.3. The molecule has 0 aliphatic carbocycles. The Morgan fingerprint density at radius 1 is 1.41 bits per heavy atom. The van der Waals surface area contributed by atoms with Crippen LogP contribution < -0.4 is 11.1 Å². The SMILES string of the molecule is Cc1ncc(C#N)cc1Nc1sc(C(C)C)nc1C.NC=O. The van der Waals surface area contributed by atoms with Gasteiger partial charge < -0.3 is 11.1 Å². The van der Waals surface area contributed by atoms with Crippen LogP contribution in [-0.2, 0) is 4.79 Å². The Morgan fingerprint density at radius 3 is 2.55 bits per heavy atom. The molecule has 0 aliphatic heterocycles. The maximum Gasteiger partial charge on any atom is 0.204 e. The van der Waals surface area contributed by atoms with Gasteiger partial charge in [0.2, 0.25) is 6.41 Å². The lowest BCUT2D eigenvalue weighted by Crippen LogP contribution is -1.96. The predicted octanol–water partition coefficient (Wildman–Crippen LogP) is 3.00. The van der Waals surface area contributed by atoms with Gasteiger partial charge in [0.1, 0.15) is 11.1 Å². The second-order valence-corrected chi connectivity index (χ2v) is 5.88. The fraction of sp³-hybridized carbons (Fsp3) is 0.333. The first-order chi connectivity index (χ1) is 10.4. The summed E-state index contributed by atoms with van der Waals surface area (Å²) in [7, 11) is 0. The molecule has 116 valence electrons. The number of aryl methyl sites for hydroxylation is 2. The molecule has 0 saturated carbocycles. The normalized spacial score (nSPS) is 9.64. The Balaban J connectivity index is 0.000000745. The Hall–Kier alpha value is -2.46. The van der Waals surface area contributed by atoms with Crippen molar-refractivity contribution in [1.29, 1.82) is 5.26 Å². The Labute approximate surface area is 134 Å². The number of aromatic nitrogens is 2. The molecule has 22 heavy (non-hydrogen) atoms. The number of carbonyl (C=O) groups excluding carboxylic acids is 1. The number of nitrogens with one attached hydrogen (secondary N) is 1. The Morgan fingerprint density at radius 2 is 2.05 bits per heavy atom. The van der Waals surface area contributed by atoms with E-state index in [4.69, 9.17) is 10.1 Å². The van der Waals surface area contributed by atoms with E-state index in [1.54, 1.807) is 17.5 Å². The molecule has 0 unspecified atom stereocenters. The molecule has 2 aromatic heterocycles. The van der Waals surface area contributed by atoms with E-state index in [0.29, 0.717) is 11.5 Å². The van der Waals surface area contributed by atoms with Crippen molar-refractivity contribution >= 4 is 28.4 Å². The minimum atomic E-state index is 0.250. The van der Waals surface area contributed by atoms with E-state index in [9.17, 15) is 0 Å². The second kappa shape index (κ2) is 8.10. The average molecular weight is 317 g/mol. The molecule has 2 aromatic rings. The maximum absolute atomic E-state index is 8.92. The van der Waals surface area contributed by atoms with Crippen molar-refractivity contribution in [2.24, 2.45) is 5.73 Å². The third kappa shape index (κ3) is 4.53. The molecular weight excluding hydrogens is 298 g/mol. The topological polar surface area (TPSA) is 105 Å². The van der Waals surface area contributed by atoms with Gasteiger partial charge >= 0.3 is 0 Å². The summed E-state index contributed by atoms with van der Waals surface area (Å²) in [6.07, 6.45) is 1.83. The Bertz CT molecular complexity index is 688. The van der Waals surface area contributed by atoms with Gasteiger partial charge in [-0.3, -0.25) is 9.78 Å². The van der Waals surface area contributed by atoms with E-state index in [0.717, 1.165) is 27.1 Å². The molecule has 0 fully saturated rings. The molecule has 0 radical (unpaired) electrons. The number of nitrogens with two attached hydrogens (primary N) is 1. The standard InChI is InChI=1S/C14H16N4S.CH3NO/c1-8(2)13-17-10(4)14(19-13)18-12-5-11(6-15)7-16-9(12)3;2-1-3/h5,7-8,18H,1-4H3;1H,(H2,2,3). The number of carbonyl (C=O) groups is 1. The molecule has 3 N–H and O–H groups in total. The number of hydrogen-bond donors (Lipinski definition) is 2. The molecular formula is C15H19N5OS. The summed E-state index contributed by atoms with van der Waals surface area (Å²) in [5.41, 5.74) is 7.44. The molecule has 1 amide bonds. The largest absolute Gasteiger partial charge is 0.372 e. The zero-order valence-corrected chi connectivity index (χ0v) is 13.9. The van der Waals surface area contributed by atoms with Crippen molar-refractivity contribution in [1.82, 2.24) is 9.97 Å². The van der Waals surface area contributed by atoms with Crippen LogP contribution in [0.3, 0.4) is 0 Å². The molecule has 0 bridgehead atoms. The fourth-order valence-electron chi connectivity index (χ4n) is 1.62. The molecule has 7 heteroatoms. The van der Waals surface area contributed by atoms with E-state index in [1.165, 1.54) is 0 Å². The number of anilines is 2. The quantitative estimate of drug-likeness (QED) is 0.847. The van der Waals surface area contributed by atoms with Crippen LogP contribution in [0.5, 0.6) is 0 Å². The number of amides is 1. The van der Waals surface area contributed by atoms with Crippen LogP contribution in [-0.4, -0.2) is 16.4 Å². The molecule has 2 heterocycles. The van der Waals surface area contributed by atoms with Crippen LogP contribution in [0.1, 0.15) is 41.7 Å². The Kier molecular flexibility index (Phi) is 6.47. The summed E-state index contributed by atoms with van der Waals surface area (Å²) in [6.45, 7) is 8.17. The van der Waals surface area contributed by atoms with Crippen LogP contribution in [0.4, 0.5) is 10.7 Å². The number of nitriles is 1. The van der Waals surface area contributed by atoms with Crippen molar-refractivity contribution in [2.75, 3.05) is 5.32 Å². The predicted molar refractivity (Wildman–Crippen MR) is 88.2 cm³/mol. The van der Waals surface area contributed by atoms with Crippen LogP contribution in [0.15, 0.2) is 12.3 Å². The van der Waals surface area contributed by atoms with Crippen LogP contribution in [0.25, 0.3) is 0 Å². The van der Waals surface area contributed by atoms with E-state index in [1.807, 2.05) is 19.9 Å². The van der Waals surface area contributed by atoms with Crippen LogP contribution >= 0.6 is 11.3 Å². The zero-order valence-electron chi connectivity index (χ0n) is 13.0. The second-order valence-electron chi connectivity index (χ2n) is 4.85. The summed E-state index contributed by atoms with van der Waals surface area (Å²) < 4.78 is 0. The molecule has 0 spiro atoms. The van der Waals surface area contributed by atoms with Gasteiger partial charge in [0, 0.05) is 12.1 Å². The minimum absolute atomic E-state index is 0.250. The van der Waals surface area contributed by atoms with E-state index in [2.05, 4.69) is 40.9 Å². The van der Waals surface area contributed by atoms with Gasteiger partial charge in [-0.25, -0.2) is 4.98 Å². The highest BCUT2D eigenvalue weighted by Crippen LogP contribution is 2.32. The first kappa shape index (κ1) is 17.6. The molecule has 6 nitrogen and oxygen atoms in total. The summed E-state index contributed by atoms with van der Waals surface area (Å²) in [6, 6.07) is 3.92. The summed E-state index contributed by atoms with van der Waals surface area (Å²) in [5.74, 6) is 0.420. The highest BCUT2D eigenvalue weighted by molar-refractivity contribution is 7.16. The van der Waals surface area contributed by atoms with Crippen LogP contribution in [0.2, 0.25) is 0 Å². The summed E-state index contributed by atoms with van der Waals surface area (Å²) >= 11 is 1.65. The maximum atomic E-state index is 8.92. The highest BCUT2D eigenvalue weighted by atomic mass is 32.1. The van der Waals surface area contributed by atoms with Gasteiger partial charge in [-0.1, -0.05) is 13.8 Å². The third-order valence-corrected chi connectivity index (χ3v) is 4.14. The number of pyridine rings is 1. The number of primary amides is 1. The van der Waals surface area contributed by atoms with Gasteiger partial charge in [-0.2, -0.15) is 5.26 Å². The number of nitrogens with zero attached hydrogens (tertiary/aromatic N) is 3. The minimum Gasteiger partial charge on any atom is -0.372 e. The number of rotatable bonds is 3. The van der Waals surface area contributed by atoms with Gasteiger partial charge in [0.05, 0.1) is 27.6 Å². The van der Waals surface area contributed by atoms with Gasteiger partial charge in [0.25, 0.3) is 0 Å². The van der Waals surface area contributed by atoms with E-state index < -0.39 is 0 Å². The monoisotopic (exact) mass is 317 g/mol. The third-order valence-electron chi connectivity index (χ3n) is 2.77. The van der Waals surface area contributed by atoms with Gasteiger partial charge in [0.15, 0.2) is 0 Å². The molecule has 2 rings (SSSR count). The first-order valence-corrected chi connectivity index (χ1v) is 7.51. The van der Waals surface area contributed by atoms with Crippen molar-refractivity contribution in [2.45, 2.75) is 33.6 Å². The average Bonchev–Trinajstić information content (AvgIpc) is 2.84. The van der Waals surface area contributed by atoms with E-state index in [-0.39, 0.29) is 6.41 Å². The lowest BCUT2D eigenvalue weighted by Gasteiger charge is -2.07. The summed E-state index contributed by atoms with van der Waals surface area (Å²) in [5, 5.41) is 14.4. The van der Waals surface area contributed by atoms with Crippen molar-refractivity contribution in [3.63, 3.8) is 0 Å². The molecule has 0 aliphatic rings. The van der Waals surface area contributed by atoms with E-state index >= 15 is 0 Å². The zero-order chi connectivity index (χ0) is 16.7. The molecule has 0 atom stereocenters. The highest BCUT2D eigenvalue weighted by Gasteiger charge is 2.12. The van der Waals surface area contributed by atoms with Crippen molar-refractivity contribution in [3.05, 3.63) is 34.2 Å².